The molecule has 0 saturated carbocycles. The zero-order valence-electron chi connectivity index (χ0n) is 13.2. The fourth-order valence-electron chi connectivity index (χ4n) is 2.33. The standard InChI is InChI=1S/C18H17FN2OS2/c1-12-6-7-15(19)16(10-12)21-17(22)14-5-3-2-4-13(14)11-24-18-20-8-9-23-18/h2-7,10H,8-9,11H2,1H3,(H,21,22). The average Bonchev–Trinajstić information content (AvgIpc) is 3.10. The molecule has 0 unspecified atom stereocenters. The predicted molar refractivity (Wildman–Crippen MR) is 102 cm³/mol. The van der Waals surface area contributed by atoms with Gasteiger partial charge < -0.3 is 5.32 Å². The number of benzene rings is 2. The summed E-state index contributed by atoms with van der Waals surface area (Å²) >= 11 is 3.38. The van der Waals surface area contributed by atoms with Crippen molar-refractivity contribution in [1.29, 1.82) is 0 Å². The van der Waals surface area contributed by atoms with Crippen molar-refractivity contribution in [3.63, 3.8) is 0 Å². The van der Waals surface area contributed by atoms with Gasteiger partial charge in [-0.1, -0.05) is 47.8 Å². The molecule has 0 bridgehead atoms. The van der Waals surface area contributed by atoms with Crippen molar-refractivity contribution in [3.8, 4) is 0 Å². The van der Waals surface area contributed by atoms with Crippen LogP contribution in [0.3, 0.4) is 0 Å². The van der Waals surface area contributed by atoms with Crippen LogP contribution in [0.15, 0.2) is 47.5 Å². The second-order valence-corrected chi connectivity index (χ2v) is 7.69. The van der Waals surface area contributed by atoms with Crippen LogP contribution in [0.1, 0.15) is 21.5 Å². The Labute approximate surface area is 149 Å². The van der Waals surface area contributed by atoms with Gasteiger partial charge in [-0.25, -0.2) is 4.39 Å². The zero-order chi connectivity index (χ0) is 16.9. The molecule has 1 heterocycles. The van der Waals surface area contributed by atoms with E-state index in [4.69, 9.17) is 0 Å². The van der Waals surface area contributed by atoms with Crippen molar-refractivity contribution in [2.24, 2.45) is 4.99 Å². The first-order valence-electron chi connectivity index (χ1n) is 7.59. The van der Waals surface area contributed by atoms with E-state index in [2.05, 4.69) is 10.3 Å². The number of carbonyl (C=O) groups is 1. The normalized spacial score (nSPS) is 13.7. The van der Waals surface area contributed by atoms with Gasteiger partial charge in [0.25, 0.3) is 5.91 Å². The number of hydrogen-bond donors (Lipinski definition) is 1. The third kappa shape index (κ3) is 4.19. The first kappa shape index (κ1) is 17.0. The molecule has 24 heavy (non-hydrogen) atoms. The zero-order valence-corrected chi connectivity index (χ0v) is 14.8. The molecule has 124 valence electrons. The van der Waals surface area contributed by atoms with Gasteiger partial charge in [-0.15, -0.1) is 0 Å². The topological polar surface area (TPSA) is 41.5 Å². The number of hydrogen-bond acceptors (Lipinski definition) is 4. The molecule has 0 radical (unpaired) electrons. The monoisotopic (exact) mass is 360 g/mol. The third-order valence-corrected chi connectivity index (χ3v) is 5.84. The molecule has 0 aromatic heterocycles. The highest BCUT2D eigenvalue weighted by Gasteiger charge is 2.15. The molecule has 2 aromatic carbocycles. The first-order chi connectivity index (χ1) is 11.6. The number of nitrogens with one attached hydrogen (secondary N) is 1. The summed E-state index contributed by atoms with van der Waals surface area (Å²) in [6.07, 6.45) is 0. The van der Waals surface area contributed by atoms with E-state index in [-0.39, 0.29) is 11.6 Å². The molecule has 2 aromatic rings. The number of thioether (sulfide) groups is 2. The van der Waals surface area contributed by atoms with Gasteiger partial charge in [0.2, 0.25) is 0 Å². The van der Waals surface area contributed by atoms with E-state index in [1.165, 1.54) is 6.07 Å². The molecule has 0 saturated heterocycles. The van der Waals surface area contributed by atoms with Gasteiger partial charge in [0.05, 0.1) is 12.2 Å². The van der Waals surface area contributed by atoms with Crippen LogP contribution >= 0.6 is 23.5 Å². The molecule has 0 spiro atoms. The molecule has 1 amide bonds. The lowest BCUT2D eigenvalue weighted by molar-refractivity contribution is 0.102. The number of anilines is 1. The Balaban J connectivity index is 1.75. The van der Waals surface area contributed by atoms with Gasteiger partial charge in [0.1, 0.15) is 10.2 Å². The fraction of sp³-hybridized carbons (Fsp3) is 0.222. The van der Waals surface area contributed by atoms with Gasteiger partial charge in [0.15, 0.2) is 0 Å². The Morgan fingerprint density at radius 2 is 2.17 bits per heavy atom. The maximum atomic E-state index is 13.9. The third-order valence-electron chi connectivity index (χ3n) is 3.54. The summed E-state index contributed by atoms with van der Waals surface area (Å²) in [7, 11) is 0. The van der Waals surface area contributed by atoms with E-state index in [0.717, 1.165) is 27.8 Å². The molecule has 1 aliphatic heterocycles. The Hall–Kier alpha value is -1.79. The SMILES string of the molecule is Cc1ccc(F)c(NC(=O)c2ccccc2CSC2=NCCS2)c1. The van der Waals surface area contributed by atoms with Crippen LogP contribution in [0.25, 0.3) is 0 Å². The second kappa shape index (κ2) is 7.85. The van der Waals surface area contributed by atoms with Gasteiger partial charge in [0, 0.05) is 17.1 Å². The van der Waals surface area contributed by atoms with Crippen molar-refractivity contribution in [1.82, 2.24) is 0 Å². The average molecular weight is 360 g/mol. The lowest BCUT2D eigenvalue weighted by atomic mass is 10.1. The van der Waals surface area contributed by atoms with Gasteiger partial charge >= 0.3 is 0 Å². The highest BCUT2D eigenvalue weighted by atomic mass is 32.2. The number of halogens is 1. The highest BCUT2D eigenvalue weighted by molar-refractivity contribution is 8.38. The van der Waals surface area contributed by atoms with Crippen LogP contribution < -0.4 is 5.32 Å². The molecular weight excluding hydrogens is 343 g/mol. The Bertz CT molecular complexity index is 792. The summed E-state index contributed by atoms with van der Waals surface area (Å²) in [6, 6.07) is 12.1. The summed E-state index contributed by atoms with van der Waals surface area (Å²) < 4.78 is 14.9. The van der Waals surface area contributed by atoms with Crippen LogP contribution in [0.5, 0.6) is 0 Å². The Kier molecular flexibility index (Phi) is 5.58. The van der Waals surface area contributed by atoms with Gasteiger partial charge in [-0.3, -0.25) is 9.79 Å². The molecule has 0 fully saturated rings. The molecule has 3 rings (SSSR count). The van der Waals surface area contributed by atoms with E-state index in [0.29, 0.717) is 11.3 Å². The van der Waals surface area contributed by atoms with Crippen LogP contribution in [0, 0.1) is 12.7 Å². The van der Waals surface area contributed by atoms with Crippen LogP contribution in [0.4, 0.5) is 10.1 Å². The van der Waals surface area contributed by atoms with Crippen molar-refractivity contribution < 1.29 is 9.18 Å². The Morgan fingerprint density at radius 1 is 1.33 bits per heavy atom. The summed E-state index contributed by atoms with van der Waals surface area (Å²) in [5.74, 6) is 0.970. The highest BCUT2D eigenvalue weighted by Crippen LogP contribution is 2.27. The number of aliphatic imine (C=N–C) groups is 1. The second-order valence-electron chi connectivity index (χ2n) is 5.38. The number of rotatable bonds is 4. The lowest BCUT2D eigenvalue weighted by Gasteiger charge is -2.11. The van der Waals surface area contributed by atoms with Gasteiger partial charge in [-0.05, 0) is 36.2 Å². The van der Waals surface area contributed by atoms with Crippen LogP contribution in [-0.2, 0) is 5.75 Å². The smallest absolute Gasteiger partial charge is 0.256 e. The fourth-order valence-corrected chi connectivity index (χ4v) is 4.35. The molecule has 1 aliphatic rings. The van der Waals surface area contributed by atoms with Crippen molar-refractivity contribution in [3.05, 3.63) is 65.0 Å². The molecule has 3 nitrogen and oxygen atoms in total. The predicted octanol–water partition coefficient (Wildman–Crippen LogP) is 4.72. The van der Waals surface area contributed by atoms with Crippen molar-refractivity contribution in [2.75, 3.05) is 17.6 Å². The van der Waals surface area contributed by atoms with Crippen molar-refractivity contribution in [2.45, 2.75) is 12.7 Å². The quantitative estimate of drug-likeness (QED) is 0.857. The van der Waals surface area contributed by atoms with Gasteiger partial charge in [-0.2, -0.15) is 0 Å². The summed E-state index contributed by atoms with van der Waals surface area (Å²) in [5.41, 5.74) is 2.59. The number of amides is 1. The number of carbonyl (C=O) groups excluding carboxylic acids is 1. The Morgan fingerprint density at radius 3 is 2.96 bits per heavy atom. The minimum absolute atomic E-state index is 0.207. The van der Waals surface area contributed by atoms with E-state index in [1.807, 2.05) is 25.1 Å². The van der Waals surface area contributed by atoms with E-state index >= 15 is 0 Å². The number of nitrogens with zero attached hydrogens (tertiary/aromatic N) is 1. The maximum absolute atomic E-state index is 13.9. The molecule has 0 atom stereocenters. The summed E-state index contributed by atoms with van der Waals surface area (Å²) in [4.78, 5) is 17.0. The molecular formula is C18H17FN2OS2. The van der Waals surface area contributed by atoms with Crippen LogP contribution in [0.2, 0.25) is 0 Å². The minimum atomic E-state index is -0.433. The summed E-state index contributed by atoms with van der Waals surface area (Å²) in [5, 5.41) is 2.68. The largest absolute Gasteiger partial charge is 0.319 e. The minimum Gasteiger partial charge on any atom is -0.319 e. The molecule has 6 heteroatoms. The van der Waals surface area contributed by atoms with E-state index in [9.17, 15) is 9.18 Å². The molecule has 1 N–H and O–H groups in total. The molecule has 0 aliphatic carbocycles. The maximum Gasteiger partial charge on any atom is 0.256 e. The van der Waals surface area contributed by atoms with Crippen LogP contribution in [-0.4, -0.2) is 22.6 Å². The van der Waals surface area contributed by atoms with E-state index < -0.39 is 5.82 Å². The van der Waals surface area contributed by atoms with E-state index in [1.54, 1.807) is 41.7 Å². The lowest BCUT2D eigenvalue weighted by Crippen LogP contribution is -2.15. The number of aryl methyl sites for hydroxylation is 1. The van der Waals surface area contributed by atoms with Crippen molar-refractivity contribution >= 4 is 39.5 Å². The summed E-state index contributed by atoms with van der Waals surface area (Å²) in [6.45, 7) is 2.72. The first-order valence-corrected chi connectivity index (χ1v) is 9.56.